The molecule has 0 aliphatic heterocycles. The van der Waals surface area contributed by atoms with Crippen molar-refractivity contribution in [3.63, 3.8) is 0 Å². The maximum absolute atomic E-state index is 10.1. The molecule has 0 saturated heterocycles. The number of carboxylic acids is 2. The molecule has 0 amide bonds. The van der Waals surface area contributed by atoms with Gasteiger partial charge in [-0.25, -0.2) is 0 Å². The third-order valence-electron chi connectivity index (χ3n) is 2.35. The topological polar surface area (TPSA) is 159 Å². The molecule has 0 unspecified atom stereocenters. The fourth-order valence-electron chi connectivity index (χ4n) is 1.22. The number of nitrogens with one attached hydrogen (secondary N) is 1. The van der Waals surface area contributed by atoms with Crippen molar-refractivity contribution in [2.75, 3.05) is 18.4 Å². The zero-order valence-electron chi connectivity index (χ0n) is 11.5. The van der Waals surface area contributed by atoms with Crippen molar-refractivity contribution in [1.82, 2.24) is 0 Å². The van der Waals surface area contributed by atoms with E-state index in [-0.39, 0.29) is 12.3 Å². The minimum absolute atomic E-state index is 0.120. The molecule has 118 valence electrons. The zero-order chi connectivity index (χ0) is 16.3. The smallest absolute Gasteiger partial charge is 0.322 e. The van der Waals surface area contributed by atoms with Gasteiger partial charge in [0.15, 0.2) is 0 Å². The SMILES string of the molecule is NCCC[C@H](N)C(=O)O.O=C(O)CNc1ccc(O)cc1. The second kappa shape index (κ2) is 10.5. The van der Waals surface area contributed by atoms with Gasteiger partial charge in [-0.3, -0.25) is 9.59 Å². The van der Waals surface area contributed by atoms with Crippen LogP contribution in [0.15, 0.2) is 24.3 Å². The average molecular weight is 299 g/mol. The molecule has 1 rings (SSSR count). The number of hydrogen-bond donors (Lipinski definition) is 6. The Morgan fingerprint density at radius 3 is 2.19 bits per heavy atom. The average Bonchev–Trinajstić information content (AvgIpc) is 2.44. The van der Waals surface area contributed by atoms with Crippen molar-refractivity contribution < 1.29 is 24.9 Å². The number of phenols is 1. The molecule has 0 heterocycles. The minimum atomic E-state index is -0.955. The van der Waals surface area contributed by atoms with Crippen LogP contribution in [-0.4, -0.2) is 46.4 Å². The molecular formula is C13H21N3O5. The largest absolute Gasteiger partial charge is 0.508 e. The lowest BCUT2D eigenvalue weighted by Gasteiger charge is -2.02. The number of carbonyl (C=O) groups is 2. The first-order valence-electron chi connectivity index (χ1n) is 6.30. The molecule has 0 spiro atoms. The predicted molar refractivity (Wildman–Crippen MR) is 78.1 cm³/mol. The van der Waals surface area contributed by atoms with Crippen LogP contribution in [0.2, 0.25) is 0 Å². The molecule has 0 bridgehead atoms. The summed E-state index contributed by atoms with van der Waals surface area (Å²) in [6.07, 6.45) is 1.14. The molecule has 8 N–H and O–H groups in total. The van der Waals surface area contributed by atoms with Crippen LogP contribution < -0.4 is 16.8 Å². The van der Waals surface area contributed by atoms with Gasteiger partial charge in [-0.2, -0.15) is 0 Å². The van der Waals surface area contributed by atoms with E-state index in [2.05, 4.69) is 5.32 Å². The lowest BCUT2D eigenvalue weighted by atomic mass is 10.2. The molecule has 0 saturated carbocycles. The van der Waals surface area contributed by atoms with Crippen molar-refractivity contribution in [1.29, 1.82) is 0 Å². The molecular weight excluding hydrogens is 278 g/mol. The van der Waals surface area contributed by atoms with Crippen LogP contribution in [0.25, 0.3) is 0 Å². The van der Waals surface area contributed by atoms with E-state index in [9.17, 15) is 9.59 Å². The van der Waals surface area contributed by atoms with Gasteiger partial charge < -0.3 is 32.1 Å². The molecule has 1 aromatic carbocycles. The summed E-state index contributed by atoms with van der Waals surface area (Å²) in [6, 6.07) is 5.46. The Hall–Kier alpha value is -2.32. The summed E-state index contributed by atoms with van der Waals surface area (Å²) in [6.45, 7) is 0.381. The molecule has 0 radical (unpaired) electrons. The summed E-state index contributed by atoms with van der Waals surface area (Å²) in [5.74, 6) is -1.71. The first kappa shape index (κ1) is 18.7. The first-order chi connectivity index (χ1) is 9.86. The summed E-state index contributed by atoms with van der Waals surface area (Å²) < 4.78 is 0. The standard InChI is InChI=1S/C8H9NO3.C5H12N2O2/c10-7-3-1-6(2-4-7)9-5-8(11)12;6-3-1-2-4(7)5(8)9/h1-4,9-10H,5H2,(H,11,12);4H,1-3,6-7H2,(H,8,9)/t;4-/m.0/s1. The van der Waals surface area contributed by atoms with Crippen LogP contribution in [0, 0.1) is 0 Å². The fraction of sp³-hybridized carbons (Fsp3) is 0.385. The lowest BCUT2D eigenvalue weighted by Crippen LogP contribution is -2.30. The lowest BCUT2D eigenvalue weighted by molar-refractivity contribution is -0.138. The van der Waals surface area contributed by atoms with Gasteiger partial charge in [0.2, 0.25) is 0 Å². The van der Waals surface area contributed by atoms with E-state index < -0.39 is 18.0 Å². The molecule has 8 heteroatoms. The van der Waals surface area contributed by atoms with E-state index in [4.69, 9.17) is 26.8 Å². The van der Waals surface area contributed by atoms with Gasteiger partial charge in [-0.05, 0) is 43.7 Å². The van der Waals surface area contributed by atoms with Gasteiger partial charge in [-0.15, -0.1) is 0 Å². The summed E-state index contributed by atoms with van der Waals surface area (Å²) in [5, 5.41) is 28.1. The monoisotopic (exact) mass is 299 g/mol. The highest BCUT2D eigenvalue weighted by Gasteiger charge is 2.08. The highest BCUT2D eigenvalue weighted by Crippen LogP contribution is 2.12. The number of aromatic hydroxyl groups is 1. The number of hydrogen-bond acceptors (Lipinski definition) is 6. The van der Waals surface area contributed by atoms with Gasteiger partial charge in [0, 0.05) is 5.69 Å². The summed E-state index contributed by atoms with van der Waals surface area (Å²) in [4.78, 5) is 20.2. The van der Waals surface area contributed by atoms with E-state index in [0.717, 1.165) is 0 Å². The number of nitrogens with two attached hydrogens (primary N) is 2. The van der Waals surface area contributed by atoms with Crippen LogP contribution in [0.5, 0.6) is 5.75 Å². The van der Waals surface area contributed by atoms with Crippen molar-refractivity contribution in [3.8, 4) is 5.75 Å². The Bertz CT molecular complexity index is 436. The Kier molecular flexibility index (Phi) is 9.31. The second-order valence-electron chi connectivity index (χ2n) is 4.17. The number of rotatable bonds is 7. The highest BCUT2D eigenvalue weighted by atomic mass is 16.4. The Labute approximate surface area is 122 Å². The molecule has 0 fully saturated rings. The normalized spacial score (nSPS) is 11.0. The third kappa shape index (κ3) is 10.2. The molecule has 0 aromatic heterocycles. The number of aliphatic carboxylic acids is 2. The number of carboxylic acid groups (broad SMARTS) is 2. The molecule has 1 aromatic rings. The van der Waals surface area contributed by atoms with Gasteiger partial charge in [-0.1, -0.05) is 0 Å². The van der Waals surface area contributed by atoms with Crippen LogP contribution in [0.3, 0.4) is 0 Å². The van der Waals surface area contributed by atoms with Gasteiger partial charge in [0.25, 0.3) is 0 Å². The number of benzene rings is 1. The third-order valence-corrected chi connectivity index (χ3v) is 2.35. The van der Waals surface area contributed by atoms with E-state index in [1.54, 1.807) is 12.1 Å². The van der Waals surface area contributed by atoms with Crippen molar-refractivity contribution >= 4 is 17.6 Å². The van der Waals surface area contributed by atoms with Crippen molar-refractivity contribution in [2.45, 2.75) is 18.9 Å². The van der Waals surface area contributed by atoms with Crippen molar-refractivity contribution in [2.24, 2.45) is 11.5 Å². The summed E-state index contributed by atoms with van der Waals surface area (Å²) in [7, 11) is 0. The number of phenolic OH excluding ortho intramolecular Hbond substituents is 1. The Morgan fingerprint density at radius 1 is 1.19 bits per heavy atom. The number of anilines is 1. The van der Waals surface area contributed by atoms with Gasteiger partial charge >= 0.3 is 11.9 Å². The first-order valence-corrected chi connectivity index (χ1v) is 6.30. The maximum Gasteiger partial charge on any atom is 0.322 e. The van der Waals surface area contributed by atoms with E-state index >= 15 is 0 Å². The van der Waals surface area contributed by atoms with Crippen LogP contribution in [0.4, 0.5) is 5.69 Å². The molecule has 0 aliphatic rings. The predicted octanol–water partition coefficient (Wildman–Crippen LogP) is 0.0259. The molecule has 0 aliphatic carbocycles. The fourth-order valence-corrected chi connectivity index (χ4v) is 1.22. The Morgan fingerprint density at radius 2 is 1.76 bits per heavy atom. The second-order valence-corrected chi connectivity index (χ2v) is 4.17. The molecule has 1 atom stereocenters. The summed E-state index contributed by atoms with van der Waals surface area (Å²) in [5.41, 5.74) is 11.0. The van der Waals surface area contributed by atoms with E-state index in [0.29, 0.717) is 25.1 Å². The minimum Gasteiger partial charge on any atom is -0.508 e. The maximum atomic E-state index is 10.1. The highest BCUT2D eigenvalue weighted by molar-refractivity contribution is 5.73. The van der Waals surface area contributed by atoms with E-state index in [1.807, 2.05) is 0 Å². The molecule has 8 nitrogen and oxygen atoms in total. The quantitative estimate of drug-likeness (QED) is 0.384. The van der Waals surface area contributed by atoms with Gasteiger partial charge in [0.1, 0.15) is 18.3 Å². The van der Waals surface area contributed by atoms with Crippen molar-refractivity contribution in [3.05, 3.63) is 24.3 Å². The van der Waals surface area contributed by atoms with E-state index in [1.165, 1.54) is 12.1 Å². The molecule has 21 heavy (non-hydrogen) atoms. The summed E-state index contributed by atoms with van der Waals surface area (Å²) >= 11 is 0. The zero-order valence-corrected chi connectivity index (χ0v) is 11.5. The van der Waals surface area contributed by atoms with Gasteiger partial charge in [0.05, 0.1) is 0 Å². The van der Waals surface area contributed by atoms with Crippen LogP contribution in [-0.2, 0) is 9.59 Å². The Balaban J connectivity index is 0.000000400. The van der Waals surface area contributed by atoms with Crippen LogP contribution >= 0.6 is 0 Å². The van der Waals surface area contributed by atoms with Crippen LogP contribution in [0.1, 0.15) is 12.8 Å².